The van der Waals surface area contributed by atoms with Crippen molar-refractivity contribution in [3.8, 4) is 0 Å². The highest BCUT2D eigenvalue weighted by Crippen LogP contribution is 2.49. The first-order valence-electron chi connectivity index (χ1n) is 9.40. The lowest BCUT2D eigenvalue weighted by atomic mass is 9.84. The van der Waals surface area contributed by atoms with E-state index < -0.39 is 10.7 Å². The molecular weight excluding hydrogens is 410 g/mol. The highest BCUT2D eigenvalue weighted by atomic mass is 32.2. The number of benzene rings is 3. The summed E-state index contributed by atoms with van der Waals surface area (Å²) in [5.41, 5.74) is 3.58. The van der Waals surface area contributed by atoms with E-state index >= 15 is 0 Å². The minimum absolute atomic E-state index is 0.0742. The average Bonchev–Trinajstić information content (AvgIpc) is 3.28. The summed E-state index contributed by atoms with van der Waals surface area (Å²) in [7, 11) is 0. The molecule has 148 valence electrons. The molecule has 0 fully saturated rings. The van der Waals surface area contributed by atoms with Crippen LogP contribution in [-0.4, -0.2) is 16.1 Å². The molecule has 1 aromatic heterocycles. The van der Waals surface area contributed by atoms with Crippen LogP contribution in [0, 0.1) is 0 Å². The summed E-state index contributed by atoms with van der Waals surface area (Å²) in [4.78, 5) is 15.3. The molecule has 4 rings (SSSR count). The van der Waals surface area contributed by atoms with Crippen LogP contribution in [0.15, 0.2) is 102 Å². The topological polar surface area (TPSA) is 50.2 Å². The van der Waals surface area contributed by atoms with E-state index in [1.165, 1.54) is 28.0 Å². The van der Waals surface area contributed by atoms with Gasteiger partial charge in [-0.05, 0) is 28.2 Å². The van der Waals surface area contributed by atoms with E-state index in [4.69, 9.17) is 5.11 Å². The monoisotopic (exact) mass is 429 g/mol. The van der Waals surface area contributed by atoms with Crippen LogP contribution in [-0.2, 0) is 4.75 Å². The van der Waals surface area contributed by atoms with Crippen LogP contribution < -0.4 is 0 Å². The van der Waals surface area contributed by atoms with E-state index in [2.05, 4.69) is 77.8 Å². The molecule has 3 nitrogen and oxygen atoms in total. The van der Waals surface area contributed by atoms with Crippen LogP contribution in [0.3, 0.4) is 0 Å². The number of rotatable bonds is 7. The minimum Gasteiger partial charge on any atom is -0.476 e. The Hall–Kier alpha value is -3.15. The minimum atomic E-state index is -1.01. The van der Waals surface area contributed by atoms with Gasteiger partial charge in [0.2, 0.25) is 0 Å². The number of carboxylic acid groups (broad SMARTS) is 1. The molecule has 0 amide bonds. The van der Waals surface area contributed by atoms with Crippen molar-refractivity contribution in [1.29, 1.82) is 0 Å². The molecule has 0 atom stereocenters. The molecular formula is C25H19NO2S2. The Morgan fingerprint density at radius 3 is 1.70 bits per heavy atom. The molecule has 3 aromatic carbocycles. The van der Waals surface area contributed by atoms with E-state index in [0.717, 1.165) is 0 Å². The number of aromatic carboxylic acids is 1. The van der Waals surface area contributed by atoms with Gasteiger partial charge in [-0.1, -0.05) is 91.0 Å². The van der Waals surface area contributed by atoms with Gasteiger partial charge in [0, 0.05) is 5.38 Å². The standard InChI is InChI=1S/C25H19NO2S2/c27-24(28)22-18-29-23(26-22)16-17-30-25(19-10-4-1-5-11-19,20-12-6-2-7-13-20)21-14-8-3-9-15-21/h1-18H,(H,27,28)/b17-16-. The molecule has 5 heteroatoms. The molecule has 0 aliphatic carbocycles. The van der Waals surface area contributed by atoms with Crippen LogP contribution in [0.25, 0.3) is 6.08 Å². The zero-order valence-corrected chi connectivity index (χ0v) is 17.6. The van der Waals surface area contributed by atoms with Gasteiger partial charge in [0.25, 0.3) is 0 Å². The Kier molecular flexibility index (Phi) is 6.12. The van der Waals surface area contributed by atoms with Gasteiger partial charge in [-0.25, -0.2) is 9.78 Å². The Balaban J connectivity index is 1.82. The van der Waals surface area contributed by atoms with Crippen molar-refractivity contribution < 1.29 is 9.90 Å². The van der Waals surface area contributed by atoms with Crippen molar-refractivity contribution in [3.05, 3.63) is 129 Å². The van der Waals surface area contributed by atoms with Gasteiger partial charge < -0.3 is 5.11 Å². The maximum atomic E-state index is 11.1. The van der Waals surface area contributed by atoms with E-state index in [0.29, 0.717) is 5.01 Å². The molecule has 0 spiro atoms. The summed E-state index contributed by atoms with van der Waals surface area (Å²) >= 11 is 3.00. The Morgan fingerprint density at radius 1 is 0.833 bits per heavy atom. The second kappa shape index (κ2) is 9.11. The lowest BCUT2D eigenvalue weighted by Gasteiger charge is -2.34. The zero-order chi connectivity index (χ0) is 20.8. The van der Waals surface area contributed by atoms with Gasteiger partial charge in [0.15, 0.2) is 5.69 Å². The highest BCUT2D eigenvalue weighted by Gasteiger charge is 2.36. The molecule has 4 aromatic rings. The second-order valence-corrected chi connectivity index (χ2v) is 8.59. The van der Waals surface area contributed by atoms with Gasteiger partial charge in [-0.3, -0.25) is 0 Å². The molecule has 0 radical (unpaired) electrons. The molecule has 30 heavy (non-hydrogen) atoms. The second-order valence-electron chi connectivity index (χ2n) is 6.58. The maximum Gasteiger partial charge on any atom is 0.355 e. The number of carbonyl (C=O) groups is 1. The number of thioether (sulfide) groups is 1. The van der Waals surface area contributed by atoms with E-state index in [-0.39, 0.29) is 5.69 Å². The summed E-state index contributed by atoms with van der Waals surface area (Å²) in [5, 5.41) is 13.4. The van der Waals surface area contributed by atoms with Crippen LogP contribution in [0.4, 0.5) is 0 Å². The first-order valence-corrected chi connectivity index (χ1v) is 11.2. The predicted octanol–water partition coefficient (Wildman–Crippen LogP) is 6.54. The van der Waals surface area contributed by atoms with Crippen LogP contribution in [0.1, 0.15) is 32.2 Å². The number of hydrogen-bond acceptors (Lipinski definition) is 4. The summed E-state index contributed by atoms with van der Waals surface area (Å²) in [5.74, 6) is -1.01. The molecule has 1 N–H and O–H groups in total. The molecule has 0 saturated heterocycles. The smallest absolute Gasteiger partial charge is 0.355 e. The molecule has 0 aliphatic heterocycles. The lowest BCUT2D eigenvalue weighted by molar-refractivity contribution is 0.0691. The number of hydrogen-bond donors (Lipinski definition) is 1. The molecule has 0 bridgehead atoms. The van der Waals surface area contributed by atoms with E-state index in [1.807, 2.05) is 29.7 Å². The van der Waals surface area contributed by atoms with Crippen molar-refractivity contribution in [3.63, 3.8) is 0 Å². The van der Waals surface area contributed by atoms with Crippen molar-refractivity contribution in [2.45, 2.75) is 4.75 Å². The molecule has 0 aliphatic rings. The third kappa shape index (κ3) is 4.08. The summed E-state index contributed by atoms with van der Waals surface area (Å²) in [6.45, 7) is 0. The molecule has 1 heterocycles. The van der Waals surface area contributed by atoms with Gasteiger partial charge in [-0.2, -0.15) is 0 Å². The Labute approximate surface area is 183 Å². The molecule has 0 saturated carbocycles. The first-order chi connectivity index (χ1) is 14.7. The first kappa shape index (κ1) is 20.1. The van der Waals surface area contributed by atoms with Crippen molar-refractivity contribution in [2.75, 3.05) is 0 Å². The maximum absolute atomic E-state index is 11.1. The zero-order valence-electron chi connectivity index (χ0n) is 16.0. The van der Waals surface area contributed by atoms with Crippen LogP contribution in [0.2, 0.25) is 0 Å². The van der Waals surface area contributed by atoms with E-state index in [9.17, 15) is 4.79 Å². The average molecular weight is 430 g/mol. The molecule has 0 unspecified atom stereocenters. The largest absolute Gasteiger partial charge is 0.476 e. The normalized spacial score (nSPS) is 11.6. The fourth-order valence-electron chi connectivity index (χ4n) is 3.38. The summed E-state index contributed by atoms with van der Waals surface area (Å²) in [6.07, 6.45) is 1.88. The highest BCUT2D eigenvalue weighted by molar-refractivity contribution is 8.03. The van der Waals surface area contributed by atoms with Crippen molar-refractivity contribution in [1.82, 2.24) is 4.98 Å². The number of nitrogens with zero attached hydrogens (tertiary/aromatic N) is 1. The Morgan fingerprint density at radius 2 is 1.30 bits per heavy atom. The Bertz CT molecular complexity index is 1040. The number of carboxylic acids is 1. The van der Waals surface area contributed by atoms with Crippen molar-refractivity contribution >= 4 is 35.1 Å². The quantitative estimate of drug-likeness (QED) is 0.339. The SMILES string of the molecule is O=C(O)c1csc(/C=C\SC(c2ccccc2)(c2ccccc2)c2ccccc2)n1. The fraction of sp³-hybridized carbons (Fsp3) is 0.0400. The van der Waals surface area contributed by atoms with E-state index in [1.54, 1.807) is 17.1 Å². The van der Waals surface area contributed by atoms with Crippen LogP contribution in [0.5, 0.6) is 0 Å². The van der Waals surface area contributed by atoms with Gasteiger partial charge in [-0.15, -0.1) is 23.1 Å². The fourth-order valence-corrected chi connectivity index (χ4v) is 5.37. The van der Waals surface area contributed by atoms with Gasteiger partial charge in [0.05, 0.1) is 4.75 Å². The van der Waals surface area contributed by atoms with Gasteiger partial charge in [0.1, 0.15) is 5.01 Å². The van der Waals surface area contributed by atoms with Crippen LogP contribution >= 0.6 is 23.1 Å². The number of thiazole rings is 1. The van der Waals surface area contributed by atoms with Crippen molar-refractivity contribution in [2.24, 2.45) is 0 Å². The third-order valence-electron chi connectivity index (χ3n) is 4.74. The summed E-state index contributed by atoms with van der Waals surface area (Å²) in [6, 6.07) is 31.3. The third-order valence-corrected chi connectivity index (χ3v) is 6.88. The lowest BCUT2D eigenvalue weighted by Crippen LogP contribution is -2.24. The number of aromatic nitrogens is 1. The predicted molar refractivity (Wildman–Crippen MR) is 125 cm³/mol. The van der Waals surface area contributed by atoms with Gasteiger partial charge >= 0.3 is 5.97 Å². The summed E-state index contributed by atoms with van der Waals surface area (Å²) < 4.78 is -0.451.